The molecule has 0 radical (unpaired) electrons. The fraction of sp³-hybridized carbons (Fsp3) is 0.550. The van der Waals surface area contributed by atoms with Crippen LogP contribution in [0.2, 0.25) is 0 Å². The quantitative estimate of drug-likeness (QED) is 0.440. The molecule has 0 aliphatic heterocycles. The molecule has 0 aliphatic carbocycles. The highest BCUT2D eigenvalue weighted by Crippen LogP contribution is 2.19. The van der Waals surface area contributed by atoms with Crippen LogP contribution in [0.5, 0.6) is 5.75 Å². The Labute approximate surface area is 167 Å². The van der Waals surface area contributed by atoms with Crippen molar-refractivity contribution in [2.24, 2.45) is 5.92 Å². The number of methoxy groups -OCH3 is 1. The molecule has 2 aromatic rings. The summed E-state index contributed by atoms with van der Waals surface area (Å²) < 4.78 is 5.39. The number of para-hydroxylation sites is 1. The van der Waals surface area contributed by atoms with Gasteiger partial charge in [0.2, 0.25) is 17.8 Å². The van der Waals surface area contributed by atoms with E-state index in [4.69, 9.17) is 4.74 Å². The highest BCUT2D eigenvalue weighted by atomic mass is 16.5. The summed E-state index contributed by atoms with van der Waals surface area (Å²) in [4.78, 5) is 13.4. The van der Waals surface area contributed by atoms with E-state index in [0.29, 0.717) is 30.3 Å². The molecule has 8 heteroatoms. The number of aliphatic hydroxyl groups excluding tert-OH is 1. The summed E-state index contributed by atoms with van der Waals surface area (Å²) in [5.74, 6) is 2.81. The van der Waals surface area contributed by atoms with Crippen molar-refractivity contribution >= 4 is 17.8 Å². The maximum atomic E-state index is 9.46. The molecule has 0 saturated carbocycles. The van der Waals surface area contributed by atoms with Crippen molar-refractivity contribution in [2.75, 3.05) is 36.2 Å². The first-order valence-electron chi connectivity index (χ1n) is 9.78. The van der Waals surface area contributed by atoms with Crippen molar-refractivity contribution in [3.8, 4) is 5.75 Å². The van der Waals surface area contributed by atoms with Gasteiger partial charge in [0.15, 0.2) is 0 Å². The van der Waals surface area contributed by atoms with Crippen LogP contribution < -0.4 is 20.7 Å². The summed E-state index contributed by atoms with van der Waals surface area (Å²) >= 11 is 0. The first-order valence-corrected chi connectivity index (χ1v) is 9.78. The first kappa shape index (κ1) is 21.7. The highest BCUT2D eigenvalue weighted by molar-refractivity contribution is 5.44. The van der Waals surface area contributed by atoms with Crippen LogP contribution in [0.1, 0.15) is 39.2 Å². The lowest BCUT2D eigenvalue weighted by molar-refractivity contribution is 0.271. The third kappa shape index (κ3) is 6.84. The number of nitrogens with zero attached hydrogens (tertiary/aromatic N) is 3. The number of aromatic nitrogens is 3. The molecule has 28 heavy (non-hydrogen) atoms. The summed E-state index contributed by atoms with van der Waals surface area (Å²) in [6.07, 6.45) is 1.79. The van der Waals surface area contributed by atoms with Gasteiger partial charge in [0.1, 0.15) is 5.75 Å². The molecule has 0 saturated heterocycles. The standard InChI is InChI=1S/C20H32N6O2/c1-5-16(13-27)23-20-25-18(21-11-10-14(2)3)24-19(26-20)22-12-15-8-6-7-9-17(15)28-4/h6-9,14,16,27H,5,10-13H2,1-4H3,(H3,21,22,23,24,25,26)/t16-/m1/s1. The van der Waals surface area contributed by atoms with E-state index >= 15 is 0 Å². The minimum atomic E-state index is -0.104. The van der Waals surface area contributed by atoms with Crippen LogP contribution in [0.3, 0.4) is 0 Å². The summed E-state index contributed by atoms with van der Waals surface area (Å²) in [7, 11) is 1.65. The SMILES string of the molecule is CC[C@H](CO)Nc1nc(NCCC(C)C)nc(NCc2ccccc2OC)n1. The van der Waals surface area contributed by atoms with Gasteiger partial charge in [-0.2, -0.15) is 15.0 Å². The summed E-state index contributed by atoms with van der Waals surface area (Å²) in [6.45, 7) is 7.67. The zero-order valence-electron chi connectivity index (χ0n) is 17.2. The second kappa shape index (κ2) is 11.3. The first-order chi connectivity index (χ1) is 13.5. The van der Waals surface area contributed by atoms with Gasteiger partial charge in [0, 0.05) is 18.7 Å². The second-order valence-corrected chi connectivity index (χ2v) is 7.01. The Balaban J connectivity index is 2.15. The predicted octanol–water partition coefficient (Wildman–Crippen LogP) is 3.13. The number of hydrogen-bond acceptors (Lipinski definition) is 8. The molecule has 1 aromatic carbocycles. The van der Waals surface area contributed by atoms with Gasteiger partial charge in [-0.15, -0.1) is 0 Å². The fourth-order valence-electron chi connectivity index (χ4n) is 2.55. The number of aliphatic hydroxyl groups is 1. The molecule has 0 unspecified atom stereocenters. The minimum absolute atomic E-state index is 0.0161. The van der Waals surface area contributed by atoms with E-state index in [1.165, 1.54) is 0 Å². The number of hydrogen-bond donors (Lipinski definition) is 4. The Morgan fingerprint density at radius 2 is 1.71 bits per heavy atom. The topological polar surface area (TPSA) is 104 Å². The molecule has 1 atom stereocenters. The molecule has 8 nitrogen and oxygen atoms in total. The largest absolute Gasteiger partial charge is 0.496 e. The van der Waals surface area contributed by atoms with Crippen molar-refractivity contribution in [3.05, 3.63) is 29.8 Å². The molecule has 1 heterocycles. The lowest BCUT2D eigenvalue weighted by Crippen LogP contribution is -2.25. The van der Waals surface area contributed by atoms with Gasteiger partial charge in [-0.05, 0) is 24.8 Å². The smallest absolute Gasteiger partial charge is 0.229 e. The molecular formula is C20H32N6O2. The minimum Gasteiger partial charge on any atom is -0.496 e. The summed E-state index contributed by atoms with van der Waals surface area (Å²) in [5.41, 5.74) is 1.01. The van der Waals surface area contributed by atoms with Crippen LogP contribution in [0, 0.1) is 5.92 Å². The second-order valence-electron chi connectivity index (χ2n) is 7.01. The maximum absolute atomic E-state index is 9.46. The van der Waals surface area contributed by atoms with Crippen molar-refractivity contribution < 1.29 is 9.84 Å². The van der Waals surface area contributed by atoms with Crippen LogP contribution in [0.15, 0.2) is 24.3 Å². The molecular weight excluding hydrogens is 356 g/mol. The molecule has 4 N–H and O–H groups in total. The lowest BCUT2D eigenvalue weighted by atomic mass is 10.1. The van der Waals surface area contributed by atoms with E-state index in [0.717, 1.165) is 30.7 Å². The van der Waals surface area contributed by atoms with Crippen LogP contribution in [0.4, 0.5) is 17.8 Å². The van der Waals surface area contributed by atoms with E-state index in [9.17, 15) is 5.11 Å². The molecule has 0 fully saturated rings. The normalized spacial score (nSPS) is 11.9. The van der Waals surface area contributed by atoms with Crippen molar-refractivity contribution in [2.45, 2.75) is 46.2 Å². The Hall–Kier alpha value is -2.61. The number of rotatable bonds is 12. The highest BCUT2D eigenvalue weighted by Gasteiger charge is 2.11. The predicted molar refractivity (Wildman–Crippen MR) is 113 cm³/mol. The number of ether oxygens (including phenoxy) is 1. The Morgan fingerprint density at radius 3 is 2.36 bits per heavy atom. The third-order valence-corrected chi connectivity index (χ3v) is 4.32. The molecule has 2 rings (SSSR count). The van der Waals surface area contributed by atoms with E-state index in [1.807, 2.05) is 31.2 Å². The average Bonchev–Trinajstić information content (AvgIpc) is 2.70. The molecule has 0 aliphatic rings. The van der Waals surface area contributed by atoms with Crippen molar-refractivity contribution in [1.82, 2.24) is 15.0 Å². The van der Waals surface area contributed by atoms with Crippen LogP contribution in [-0.2, 0) is 6.54 Å². The molecule has 0 bridgehead atoms. The monoisotopic (exact) mass is 388 g/mol. The molecule has 0 spiro atoms. The zero-order chi connectivity index (χ0) is 20.4. The van der Waals surface area contributed by atoms with E-state index in [-0.39, 0.29) is 12.6 Å². The van der Waals surface area contributed by atoms with Gasteiger partial charge < -0.3 is 25.8 Å². The van der Waals surface area contributed by atoms with Gasteiger partial charge in [-0.1, -0.05) is 39.0 Å². The Bertz CT molecular complexity index is 722. The maximum Gasteiger partial charge on any atom is 0.229 e. The number of benzene rings is 1. The number of anilines is 3. The summed E-state index contributed by atoms with van der Waals surface area (Å²) in [5, 5.41) is 19.1. The van der Waals surface area contributed by atoms with Crippen LogP contribution in [-0.4, -0.2) is 46.4 Å². The van der Waals surface area contributed by atoms with Gasteiger partial charge >= 0.3 is 0 Å². The third-order valence-electron chi connectivity index (χ3n) is 4.32. The molecule has 1 aromatic heterocycles. The number of nitrogens with one attached hydrogen (secondary N) is 3. The van der Waals surface area contributed by atoms with E-state index in [1.54, 1.807) is 7.11 Å². The van der Waals surface area contributed by atoms with Gasteiger partial charge in [0.25, 0.3) is 0 Å². The molecule has 154 valence electrons. The lowest BCUT2D eigenvalue weighted by Gasteiger charge is -2.16. The van der Waals surface area contributed by atoms with Crippen molar-refractivity contribution in [1.29, 1.82) is 0 Å². The molecule has 0 amide bonds. The van der Waals surface area contributed by atoms with E-state index < -0.39 is 0 Å². The fourth-order valence-corrected chi connectivity index (χ4v) is 2.55. The zero-order valence-corrected chi connectivity index (χ0v) is 17.2. The van der Waals surface area contributed by atoms with Crippen molar-refractivity contribution in [3.63, 3.8) is 0 Å². The summed E-state index contributed by atoms with van der Waals surface area (Å²) in [6, 6.07) is 7.71. The Kier molecular flexibility index (Phi) is 8.74. The Morgan fingerprint density at radius 1 is 1.04 bits per heavy atom. The average molecular weight is 389 g/mol. The van der Waals surface area contributed by atoms with Gasteiger partial charge in [-0.25, -0.2) is 0 Å². The van der Waals surface area contributed by atoms with E-state index in [2.05, 4.69) is 44.7 Å². The van der Waals surface area contributed by atoms with Gasteiger partial charge in [-0.3, -0.25) is 0 Å². The van der Waals surface area contributed by atoms with Crippen LogP contribution >= 0.6 is 0 Å². The van der Waals surface area contributed by atoms with Crippen LogP contribution in [0.25, 0.3) is 0 Å². The van der Waals surface area contributed by atoms with Gasteiger partial charge in [0.05, 0.1) is 19.8 Å².